The highest BCUT2D eigenvalue weighted by Gasteiger charge is 2.32. The summed E-state index contributed by atoms with van der Waals surface area (Å²) in [6.07, 6.45) is 7.86. The third-order valence-electron chi connectivity index (χ3n) is 4.56. The lowest BCUT2D eigenvalue weighted by Gasteiger charge is -2.36. The summed E-state index contributed by atoms with van der Waals surface area (Å²) in [7, 11) is 1.68. The molecule has 0 amide bonds. The Morgan fingerprint density at radius 3 is 2.74 bits per heavy atom. The van der Waals surface area contributed by atoms with Crippen LogP contribution in [-0.2, 0) is 0 Å². The molecular formula is C16H23NO2. The van der Waals surface area contributed by atoms with E-state index in [-0.39, 0.29) is 12.1 Å². The Labute approximate surface area is 115 Å². The fourth-order valence-electron chi connectivity index (χ4n) is 3.43. The van der Waals surface area contributed by atoms with Crippen molar-refractivity contribution in [3.63, 3.8) is 0 Å². The average Bonchev–Trinajstić information content (AvgIpc) is 2.47. The maximum Gasteiger partial charge on any atom is 0.128 e. The third-order valence-corrected chi connectivity index (χ3v) is 4.56. The Bertz CT molecular complexity index is 440. The van der Waals surface area contributed by atoms with Gasteiger partial charge in [0.15, 0.2) is 0 Å². The van der Waals surface area contributed by atoms with Gasteiger partial charge in [-0.15, -0.1) is 0 Å². The Morgan fingerprint density at radius 2 is 2.00 bits per heavy atom. The first-order valence-corrected chi connectivity index (χ1v) is 7.38. The van der Waals surface area contributed by atoms with E-state index in [4.69, 9.17) is 15.2 Å². The van der Waals surface area contributed by atoms with Crippen LogP contribution in [0.3, 0.4) is 0 Å². The van der Waals surface area contributed by atoms with Crippen molar-refractivity contribution in [3.05, 3.63) is 23.8 Å². The molecule has 104 valence electrons. The van der Waals surface area contributed by atoms with Gasteiger partial charge in [-0.25, -0.2) is 0 Å². The summed E-state index contributed by atoms with van der Waals surface area (Å²) in [5.74, 6) is 2.45. The molecule has 1 saturated carbocycles. The van der Waals surface area contributed by atoms with Gasteiger partial charge in [0.25, 0.3) is 0 Å². The number of benzene rings is 1. The van der Waals surface area contributed by atoms with Crippen molar-refractivity contribution in [1.29, 1.82) is 0 Å². The third kappa shape index (κ3) is 2.57. The van der Waals surface area contributed by atoms with Crippen LogP contribution in [0.5, 0.6) is 11.5 Å². The van der Waals surface area contributed by atoms with Crippen LogP contribution in [0.25, 0.3) is 0 Å². The predicted octanol–water partition coefficient (Wildman–Crippen LogP) is 3.43. The van der Waals surface area contributed by atoms with Crippen LogP contribution in [0.1, 0.15) is 50.1 Å². The molecule has 0 bridgehead atoms. The number of ether oxygens (including phenoxy) is 2. The Morgan fingerprint density at radius 1 is 1.21 bits per heavy atom. The van der Waals surface area contributed by atoms with Gasteiger partial charge < -0.3 is 15.2 Å². The molecule has 3 rings (SSSR count). The Kier molecular flexibility index (Phi) is 3.65. The topological polar surface area (TPSA) is 44.5 Å². The van der Waals surface area contributed by atoms with Crippen molar-refractivity contribution < 1.29 is 9.47 Å². The van der Waals surface area contributed by atoms with Crippen LogP contribution in [0.4, 0.5) is 0 Å². The number of fused-ring (bicyclic) bond motifs is 1. The zero-order valence-electron chi connectivity index (χ0n) is 11.6. The summed E-state index contributed by atoms with van der Waals surface area (Å²) in [5.41, 5.74) is 7.43. The van der Waals surface area contributed by atoms with E-state index in [0.29, 0.717) is 5.92 Å². The molecule has 0 spiro atoms. The van der Waals surface area contributed by atoms with Crippen molar-refractivity contribution in [2.75, 3.05) is 7.11 Å². The van der Waals surface area contributed by atoms with Crippen LogP contribution in [0, 0.1) is 5.92 Å². The maximum atomic E-state index is 6.31. The monoisotopic (exact) mass is 261 g/mol. The minimum Gasteiger partial charge on any atom is -0.497 e. The second-order valence-corrected chi connectivity index (χ2v) is 5.80. The molecule has 0 saturated heterocycles. The van der Waals surface area contributed by atoms with Crippen LogP contribution in [0.15, 0.2) is 18.2 Å². The van der Waals surface area contributed by atoms with Gasteiger partial charge in [0.2, 0.25) is 0 Å². The van der Waals surface area contributed by atoms with Crippen LogP contribution in [-0.4, -0.2) is 13.2 Å². The molecule has 1 aromatic rings. The predicted molar refractivity (Wildman–Crippen MR) is 75.5 cm³/mol. The molecule has 3 nitrogen and oxygen atoms in total. The fraction of sp³-hybridized carbons (Fsp3) is 0.625. The van der Waals surface area contributed by atoms with Gasteiger partial charge in [-0.1, -0.05) is 25.3 Å². The minimum atomic E-state index is 0.0987. The first-order chi connectivity index (χ1) is 9.28. The van der Waals surface area contributed by atoms with Gasteiger partial charge >= 0.3 is 0 Å². The molecule has 2 aliphatic rings. The molecule has 19 heavy (non-hydrogen) atoms. The zero-order chi connectivity index (χ0) is 13.2. The molecule has 1 aliphatic heterocycles. The van der Waals surface area contributed by atoms with Gasteiger partial charge in [-0.3, -0.25) is 0 Å². The van der Waals surface area contributed by atoms with E-state index in [1.54, 1.807) is 7.11 Å². The zero-order valence-corrected chi connectivity index (χ0v) is 11.6. The van der Waals surface area contributed by atoms with E-state index >= 15 is 0 Å². The van der Waals surface area contributed by atoms with Crippen LogP contribution < -0.4 is 15.2 Å². The summed E-state index contributed by atoms with van der Waals surface area (Å²) in [4.78, 5) is 0. The first-order valence-electron chi connectivity index (χ1n) is 7.38. The molecule has 1 aromatic carbocycles. The van der Waals surface area contributed by atoms with Crippen molar-refractivity contribution in [2.45, 2.75) is 50.7 Å². The smallest absolute Gasteiger partial charge is 0.128 e. The number of rotatable bonds is 2. The molecule has 1 heterocycles. The van der Waals surface area contributed by atoms with Gasteiger partial charge in [-0.05, 0) is 24.8 Å². The molecule has 1 aliphatic carbocycles. The number of hydrogen-bond donors (Lipinski definition) is 1. The van der Waals surface area contributed by atoms with Crippen LogP contribution in [0.2, 0.25) is 0 Å². The van der Waals surface area contributed by atoms with E-state index in [0.717, 1.165) is 23.5 Å². The molecular weight excluding hydrogens is 238 g/mol. The van der Waals surface area contributed by atoms with E-state index in [2.05, 4.69) is 0 Å². The van der Waals surface area contributed by atoms with Gasteiger partial charge in [0.1, 0.15) is 17.6 Å². The average molecular weight is 261 g/mol. The minimum absolute atomic E-state index is 0.0987. The van der Waals surface area contributed by atoms with Crippen molar-refractivity contribution >= 4 is 0 Å². The lowest BCUT2D eigenvalue weighted by molar-refractivity contribution is 0.0781. The van der Waals surface area contributed by atoms with Gasteiger partial charge in [-0.2, -0.15) is 0 Å². The summed E-state index contributed by atoms with van der Waals surface area (Å²) in [6.45, 7) is 0. The summed E-state index contributed by atoms with van der Waals surface area (Å²) in [5, 5.41) is 0. The van der Waals surface area contributed by atoms with Crippen molar-refractivity contribution in [2.24, 2.45) is 11.7 Å². The second kappa shape index (κ2) is 5.41. The number of nitrogens with two attached hydrogens (primary N) is 1. The van der Waals surface area contributed by atoms with Gasteiger partial charge in [0.05, 0.1) is 7.11 Å². The molecule has 2 unspecified atom stereocenters. The lowest BCUT2D eigenvalue weighted by atomic mass is 9.81. The van der Waals surface area contributed by atoms with E-state index in [1.807, 2.05) is 18.2 Å². The standard InChI is InChI=1S/C16H23NO2/c1-18-12-7-8-13-14(17)10-15(19-16(13)9-12)11-5-3-2-4-6-11/h7-9,11,14-15H,2-6,10,17H2,1H3. The molecule has 1 fully saturated rings. The maximum absolute atomic E-state index is 6.31. The van der Waals surface area contributed by atoms with Gasteiger partial charge in [0, 0.05) is 24.1 Å². The highest BCUT2D eigenvalue weighted by Crippen LogP contribution is 2.40. The van der Waals surface area contributed by atoms with Crippen LogP contribution >= 0.6 is 0 Å². The fourth-order valence-corrected chi connectivity index (χ4v) is 3.43. The van der Waals surface area contributed by atoms with E-state index in [9.17, 15) is 0 Å². The normalized spacial score (nSPS) is 27.5. The number of methoxy groups -OCH3 is 1. The molecule has 0 aromatic heterocycles. The quantitative estimate of drug-likeness (QED) is 0.887. The summed E-state index contributed by atoms with van der Waals surface area (Å²) in [6, 6.07) is 6.07. The van der Waals surface area contributed by atoms with Crippen molar-refractivity contribution in [1.82, 2.24) is 0 Å². The lowest BCUT2D eigenvalue weighted by Crippen LogP contribution is -2.36. The largest absolute Gasteiger partial charge is 0.497 e. The Hall–Kier alpha value is -1.22. The number of hydrogen-bond acceptors (Lipinski definition) is 3. The summed E-state index contributed by atoms with van der Waals surface area (Å²) < 4.78 is 11.5. The SMILES string of the molecule is COc1ccc2c(c1)OC(C1CCCCC1)CC2N. The van der Waals surface area contributed by atoms with E-state index in [1.165, 1.54) is 32.1 Å². The highest BCUT2D eigenvalue weighted by molar-refractivity contribution is 5.43. The van der Waals surface area contributed by atoms with E-state index < -0.39 is 0 Å². The first kappa shape index (κ1) is 12.8. The highest BCUT2D eigenvalue weighted by atomic mass is 16.5. The Balaban J connectivity index is 1.81. The second-order valence-electron chi connectivity index (χ2n) is 5.80. The summed E-state index contributed by atoms with van der Waals surface area (Å²) >= 11 is 0. The molecule has 2 atom stereocenters. The molecule has 0 radical (unpaired) electrons. The molecule has 2 N–H and O–H groups in total. The van der Waals surface area contributed by atoms with Crippen molar-refractivity contribution in [3.8, 4) is 11.5 Å². The molecule has 3 heteroatoms.